The van der Waals surface area contributed by atoms with Crippen molar-refractivity contribution in [2.24, 2.45) is 0 Å². The molecule has 6 aromatic carbocycles. The number of carbonyl (C=O) groups is 4. The van der Waals surface area contributed by atoms with Crippen molar-refractivity contribution in [2.45, 2.75) is 83.5 Å². The van der Waals surface area contributed by atoms with Crippen LogP contribution in [0.25, 0.3) is 65.7 Å². The van der Waals surface area contributed by atoms with Gasteiger partial charge in [-0.2, -0.15) is 0 Å². The Hall–Kier alpha value is -6.60. The molecule has 3 aliphatic rings. The predicted molar refractivity (Wildman–Crippen MR) is 278 cm³/mol. The summed E-state index contributed by atoms with van der Waals surface area (Å²) in [5.74, 6) is -0.830. The summed E-state index contributed by atoms with van der Waals surface area (Å²) in [5, 5.41) is 3.82. The van der Waals surface area contributed by atoms with Crippen LogP contribution in [0, 0.1) is 0 Å². The fraction of sp³-hybridized carbons (Fsp3) is 0.213. The highest BCUT2D eigenvalue weighted by Gasteiger charge is 2.43. The summed E-state index contributed by atoms with van der Waals surface area (Å²) in [4.78, 5) is 58.6. The Morgan fingerprint density at radius 2 is 0.776 bits per heavy atom. The fourth-order valence-electron chi connectivity index (χ4n) is 10.9. The number of rotatable bonds is 14. The summed E-state index contributed by atoms with van der Waals surface area (Å²) in [6.45, 7) is 4.54. The summed E-state index contributed by atoms with van der Waals surface area (Å²) in [6, 6.07) is 45.5. The van der Waals surface area contributed by atoms with Gasteiger partial charge >= 0.3 is 0 Å². The lowest BCUT2D eigenvalue weighted by Crippen LogP contribution is -2.25. The van der Waals surface area contributed by atoms with Gasteiger partial charge in [-0.1, -0.05) is 138 Å². The molecule has 0 N–H and O–H groups in total. The zero-order chi connectivity index (χ0) is 45.8. The molecule has 67 heavy (non-hydrogen) atoms. The molecule has 2 heterocycles. The van der Waals surface area contributed by atoms with E-state index in [9.17, 15) is 19.2 Å². The predicted octanol–water partition coefficient (Wildman–Crippen LogP) is 16.6. The molecule has 2 aromatic heterocycles. The molecular weight excluding hydrogens is 861 g/mol. The Labute approximate surface area is 399 Å². The topological polar surface area (TPSA) is 68.3 Å². The van der Waals surface area contributed by atoms with Crippen LogP contribution < -0.4 is 0 Å². The highest BCUT2D eigenvalue weighted by molar-refractivity contribution is 7.16. The molecule has 6 heteroatoms. The van der Waals surface area contributed by atoms with Crippen molar-refractivity contribution in [1.29, 1.82) is 0 Å². The molecule has 0 unspecified atom stereocenters. The van der Waals surface area contributed by atoms with Gasteiger partial charge < -0.3 is 0 Å². The monoisotopic (exact) mass is 910 g/mol. The normalized spacial score (nSPS) is 14.6. The maximum atomic E-state index is 13.7. The first-order valence-electron chi connectivity index (χ1n) is 23.9. The van der Waals surface area contributed by atoms with Gasteiger partial charge in [0.15, 0.2) is 23.1 Å². The summed E-state index contributed by atoms with van der Waals surface area (Å²) < 4.78 is 0. The second-order valence-electron chi connectivity index (χ2n) is 18.6. The van der Waals surface area contributed by atoms with E-state index in [-0.39, 0.29) is 39.7 Å². The quantitative estimate of drug-likeness (QED) is 0.0619. The number of Topliss-reactive ketones (excluding diaryl/α,β-unsaturated/α-hetero) is 4. The Kier molecular flexibility index (Phi) is 11.3. The van der Waals surface area contributed by atoms with Gasteiger partial charge in [0.2, 0.25) is 0 Å². The third-order valence-corrected chi connectivity index (χ3v) is 16.6. The van der Waals surface area contributed by atoms with Crippen LogP contribution >= 0.6 is 22.7 Å². The average Bonchev–Trinajstić information content (AvgIpc) is 4.17. The van der Waals surface area contributed by atoms with Crippen LogP contribution in [-0.4, -0.2) is 23.1 Å². The number of thiophene rings is 2. The minimum Gasteiger partial charge on any atom is -0.288 e. The van der Waals surface area contributed by atoms with E-state index in [1.54, 1.807) is 34.8 Å². The van der Waals surface area contributed by atoms with E-state index in [1.807, 2.05) is 84.9 Å². The number of benzene rings is 6. The number of fused-ring (bicyclic) bond motifs is 7. The van der Waals surface area contributed by atoms with Crippen LogP contribution in [-0.2, 0) is 5.41 Å². The Morgan fingerprint density at radius 1 is 0.403 bits per heavy atom. The first-order valence-corrected chi connectivity index (χ1v) is 25.6. The van der Waals surface area contributed by atoms with Crippen molar-refractivity contribution in [3.8, 4) is 32.0 Å². The first-order chi connectivity index (χ1) is 32.7. The number of ketones is 4. The van der Waals surface area contributed by atoms with Gasteiger partial charge in [-0.15, -0.1) is 22.7 Å². The molecule has 0 bridgehead atoms. The van der Waals surface area contributed by atoms with E-state index in [0.717, 1.165) is 77.9 Å². The highest BCUT2D eigenvalue weighted by atomic mass is 32.1. The van der Waals surface area contributed by atoms with E-state index in [0.29, 0.717) is 22.3 Å². The van der Waals surface area contributed by atoms with Crippen molar-refractivity contribution < 1.29 is 19.2 Å². The third-order valence-electron chi connectivity index (χ3n) is 14.4. The molecule has 0 saturated carbocycles. The van der Waals surface area contributed by atoms with E-state index in [1.165, 1.54) is 60.8 Å². The molecule has 4 nitrogen and oxygen atoms in total. The van der Waals surface area contributed by atoms with E-state index in [2.05, 4.69) is 62.4 Å². The maximum absolute atomic E-state index is 13.7. The van der Waals surface area contributed by atoms with Crippen molar-refractivity contribution >= 4 is 79.5 Å². The zero-order valence-corrected chi connectivity index (χ0v) is 39.5. The number of hydrogen-bond acceptors (Lipinski definition) is 6. The molecule has 11 rings (SSSR count). The Bertz CT molecular complexity index is 3090. The highest BCUT2D eigenvalue weighted by Crippen LogP contribution is 2.56. The fourth-order valence-corrected chi connectivity index (χ4v) is 12.8. The van der Waals surface area contributed by atoms with Crippen molar-refractivity contribution in [2.75, 3.05) is 0 Å². The van der Waals surface area contributed by atoms with Gasteiger partial charge in [-0.3, -0.25) is 19.2 Å². The minimum absolute atomic E-state index is 0.168. The number of allylic oxidation sites excluding steroid dienone is 2. The van der Waals surface area contributed by atoms with Crippen LogP contribution in [0.4, 0.5) is 0 Å². The van der Waals surface area contributed by atoms with Crippen LogP contribution in [0.15, 0.2) is 145 Å². The molecule has 0 amide bonds. The van der Waals surface area contributed by atoms with Gasteiger partial charge in [-0.25, -0.2) is 0 Å². The molecule has 0 spiro atoms. The lowest BCUT2D eigenvalue weighted by Gasteiger charge is -2.33. The summed E-state index contributed by atoms with van der Waals surface area (Å²) in [7, 11) is 0. The van der Waals surface area contributed by atoms with Gasteiger partial charge in [0.25, 0.3) is 0 Å². The first kappa shape index (κ1) is 43.0. The van der Waals surface area contributed by atoms with Crippen molar-refractivity contribution in [3.05, 3.63) is 188 Å². The van der Waals surface area contributed by atoms with Crippen LogP contribution in [0.2, 0.25) is 0 Å². The van der Waals surface area contributed by atoms with Crippen molar-refractivity contribution in [3.63, 3.8) is 0 Å². The third kappa shape index (κ3) is 7.51. The molecule has 3 aliphatic carbocycles. The standard InChI is InChI=1S/C61H50O4S2/c1-3-5-7-13-27-61(28-14-8-6-4-2)53-33-41(55-25-21-43(66-55)35-51-57(62)47-29-37-15-9-10-16-38(37)30-48(47)58(51)63)19-23-45(53)46-24-20-42(34-54(46)61)56-26-22-44(67-56)36-52-59(64)49-31-39-17-11-12-18-40(39)32-50(49)60(52)65/h9-12,15-26,29-36H,3-8,13-14,27-28H2,1-2H3. The van der Waals surface area contributed by atoms with E-state index < -0.39 is 0 Å². The molecule has 0 aliphatic heterocycles. The second kappa shape index (κ2) is 17.6. The second-order valence-corrected chi connectivity index (χ2v) is 20.8. The van der Waals surface area contributed by atoms with Gasteiger partial charge in [-0.05, 0) is 141 Å². The molecule has 0 radical (unpaired) electrons. The average molecular weight is 911 g/mol. The lowest BCUT2D eigenvalue weighted by atomic mass is 9.70. The van der Waals surface area contributed by atoms with Gasteiger partial charge in [0, 0.05) is 47.2 Å². The summed E-state index contributed by atoms with van der Waals surface area (Å²) >= 11 is 3.24. The zero-order valence-electron chi connectivity index (χ0n) is 37.9. The van der Waals surface area contributed by atoms with Crippen LogP contribution in [0.3, 0.4) is 0 Å². The SMILES string of the molecule is CCCCCCC1(CCCCCC)c2cc(-c3ccc(C=C4C(=O)c5cc6ccccc6cc5C4=O)s3)ccc2-c2ccc(-c3ccc(C=C4C(=O)c5cc6ccccc6cc5C4=O)s3)cc21. The Balaban J connectivity index is 0.934. The van der Waals surface area contributed by atoms with Crippen molar-refractivity contribution in [1.82, 2.24) is 0 Å². The summed E-state index contributed by atoms with van der Waals surface area (Å²) in [6.07, 6.45) is 15.2. The maximum Gasteiger partial charge on any atom is 0.197 e. The van der Waals surface area contributed by atoms with E-state index in [4.69, 9.17) is 0 Å². The van der Waals surface area contributed by atoms with Gasteiger partial charge in [0.05, 0.1) is 11.1 Å². The van der Waals surface area contributed by atoms with Crippen LogP contribution in [0.5, 0.6) is 0 Å². The van der Waals surface area contributed by atoms with E-state index >= 15 is 0 Å². The molecule has 0 atom stereocenters. The summed E-state index contributed by atoms with van der Waals surface area (Å²) in [5.41, 5.74) is 9.89. The minimum atomic E-state index is -0.207. The molecular formula is C61H50O4S2. The smallest absolute Gasteiger partial charge is 0.197 e. The largest absolute Gasteiger partial charge is 0.288 e. The Morgan fingerprint density at radius 3 is 1.13 bits per heavy atom. The number of carbonyl (C=O) groups excluding carboxylic acids is 4. The molecule has 0 fully saturated rings. The molecule has 8 aromatic rings. The lowest BCUT2D eigenvalue weighted by molar-refractivity contribution is 0.0975. The molecule has 0 saturated heterocycles. The van der Waals surface area contributed by atoms with Crippen LogP contribution in [0.1, 0.15) is 140 Å². The number of hydrogen-bond donors (Lipinski definition) is 0. The molecule has 330 valence electrons. The number of unbranched alkanes of at least 4 members (excludes halogenated alkanes) is 6. The van der Waals surface area contributed by atoms with Gasteiger partial charge in [0.1, 0.15) is 0 Å².